The molecule has 0 bridgehead atoms. The van der Waals surface area contributed by atoms with E-state index in [0.29, 0.717) is 6.04 Å². The first-order chi connectivity index (χ1) is 13.2. The summed E-state index contributed by atoms with van der Waals surface area (Å²) in [5, 5.41) is 0. The van der Waals surface area contributed by atoms with Gasteiger partial charge in [-0.3, -0.25) is 0 Å². The minimum atomic E-state index is 0.208. The van der Waals surface area contributed by atoms with Gasteiger partial charge < -0.3 is 0 Å². The highest BCUT2D eigenvalue weighted by Gasteiger charge is 2.48. The van der Waals surface area contributed by atoms with Gasteiger partial charge >= 0.3 is 0 Å². The molecule has 0 saturated carbocycles. The maximum Gasteiger partial charge on any atom is 0.213 e. The highest BCUT2D eigenvalue weighted by atomic mass is 15.0. The summed E-state index contributed by atoms with van der Waals surface area (Å²) in [6.45, 7) is 7.09. The van der Waals surface area contributed by atoms with Crippen molar-refractivity contribution in [2.24, 2.45) is 0 Å². The summed E-state index contributed by atoms with van der Waals surface area (Å²) in [5.41, 5.74) is 7.10. The summed E-state index contributed by atoms with van der Waals surface area (Å²) < 4.78 is 2.51. The van der Waals surface area contributed by atoms with Crippen LogP contribution in [-0.4, -0.2) is 0 Å². The number of benzene rings is 2. The second-order valence-corrected chi connectivity index (χ2v) is 7.91. The number of nitrogens with zero attached hydrogens (tertiary/aromatic N) is 1. The molecule has 1 aliphatic rings. The molecule has 2 aromatic carbocycles. The van der Waals surface area contributed by atoms with E-state index in [1.54, 1.807) is 0 Å². The van der Waals surface area contributed by atoms with Gasteiger partial charge in [0.15, 0.2) is 12.2 Å². The van der Waals surface area contributed by atoms with E-state index in [4.69, 9.17) is 0 Å². The number of rotatable bonds is 5. The zero-order chi connectivity index (χ0) is 18.9. The lowest BCUT2D eigenvalue weighted by Crippen LogP contribution is -2.54. The van der Waals surface area contributed by atoms with E-state index in [9.17, 15) is 0 Å². The Bertz CT molecular complexity index is 928. The van der Waals surface area contributed by atoms with Gasteiger partial charge in [0.2, 0.25) is 5.69 Å². The maximum atomic E-state index is 2.51. The van der Waals surface area contributed by atoms with Crippen LogP contribution in [0.1, 0.15) is 58.1 Å². The Kier molecular flexibility index (Phi) is 4.86. The summed E-state index contributed by atoms with van der Waals surface area (Å²) in [5.74, 6) is 0. The highest BCUT2D eigenvalue weighted by molar-refractivity contribution is 5.74. The Labute approximate surface area is 163 Å². The fourth-order valence-corrected chi connectivity index (χ4v) is 5.01. The van der Waals surface area contributed by atoms with Crippen molar-refractivity contribution in [1.82, 2.24) is 0 Å². The molecule has 27 heavy (non-hydrogen) atoms. The van der Waals surface area contributed by atoms with Crippen LogP contribution in [0.15, 0.2) is 72.9 Å². The van der Waals surface area contributed by atoms with Crippen LogP contribution in [0.2, 0.25) is 0 Å². The number of fused-ring (bicyclic) bond motifs is 3. The summed E-state index contributed by atoms with van der Waals surface area (Å²) in [6.07, 6.45) is 7.22. The number of aromatic nitrogens is 1. The predicted molar refractivity (Wildman–Crippen MR) is 114 cm³/mol. The molecule has 1 aromatic heterocycles. The largest absolute Gasteiger partial charge is 0.213 e. The molecule has 0 N–H and O–H groups in total. The summed E-state index contributed by atoms with van der Waals surface area (Å²) >= 11 is 0. The number of pyridine rings is 1. The monoisotopic (exact) mass is 356 g/mol. The van der Waals surface area contributed by atoms with Gasteiger partial charge in [0.1, 0.15) is 0 Å². The lowest BCUT2D eigenvalue weighted by molar-refractivity contribution is -0.721. The van der Waals surface area contributed by atoms with E-state index in [1.807, 2.05) is 0 Å². The summed E-state index contributed by atoms with van der Waals surface area (Å²) in [6, 6.07) is 25.0. The molecule has 2 atom stereocenters. The Hall–Kier alpha value is -2.41. The van der Waals surface area contributed by atoms with E-state index >= 15 is 0 Å². The highest BCUT2D eigenvalue weighted by Crippen LogP contribution is 2.48. The average Bonchev–Trinajstić information content (AvgIpc) is 2.74. The molecule has 0 saturated heterocycles. The fourth-order valence-electron chi connectivity index (χ4n) is 5.01. The first-order valence-corrected chi connectivity index (χ1v) is 10.4. The van der Waals surface area contributed by atoms with Crippen LogP contribution in [0.3, 0.4) is 0 Å². The first kappa shape index (κ1) is 18.0. The van der Waals surface area contributed by atoms with E-state index in [-0.39, 0.29) is 5.41 Å². The summed E-state index contributed by atoms with van der Waals surface area (Å²) in [4.78, 5) is 0. The van der Waals surface area contributed by atoms with Crippen molar-refractivity contribution in [3.63, 3.8) is 0 Å². The molecule has 0 aliphatic carbocycles. The summed E-state index contributed by atoms with van der Waals surface area (Å²) in [7, 11) is 0. The van der Waals surface area contributed by atoms with Gasteiger partial charge in [0, 0.05) is 12.1 Å². The van der Waals surface area contributed by atoms with Crippen LogP contribution in [0, 0.1) is 0 Å². The van der Waals surface area contributed by atoms with Gasteiger partial charge in [-0.15, -0.1) is 0 Å². The number of hydrogen-bond donors (Lipinski definition) is 0. The SMILES string of the molecule is CCCCC1(CC)c2ccc(-c3ccccc3)cc2-c2cccc[n+]2C1C. The number of hydrogen-bond acceptors (Lipinski definition) is 0. The van der Waals surface area contributed by atoms with E-state index in [2.05, 4.69) is 98.3 Å². The molecular weight excluding hydrogens is 326 g/mol. The molecule has 0 spiro atoms. The molecule has 0 amide bonds. The maximum absolute atomic E-state index is 2.51. The van der Waals surface area contributed by atoms with Crippen molar-refractivity contribution in [1.29, 1.82) is 0 Å². The third-order valence-electron chi connectivity index (χ3n) is 6.65. The third kappa shape index (κ3) is 2.90. The Morgan fingerprint density at radius 2 is 1.67 bits per heavy atom. The molecule has 1 nitrogen and oxygen atoms in total. The molecular formula is C26H30N+. The van der Waals surface area contributed by atoms with E-state index < -0.39 is 0 Å². The smallest absolute Gasteiger partial charge is 0.195 e. The van der Waals surface area contributed by atoms with Crippen molar-refractivity contribution in [3.05, 3.63) is 78.5 Å². The van der Waals surface area contributed by atoms with Crippen molar-refractivity contribution in [2.75, 3.05) is 0 Å². The second-order valence-electron chi connectivity index (χ2n) is 7.91. The zero-order valence-electron chi connectivity index (χ0n) is 16.8. The lowest BCUT2D eigenvalue weighted by atomic mass is 9.65. The van der Waals surface area contributed by atoms with Crippen molar-refractivity contribution < 1.29 is 4.57 Å². The standard InChI is InChI=1S/C26H30N/c1-4-6-17-26(5-2)20(3)27-18-11-10-14-25(27)23-19-22(15-16-24(23)26)21-12-8-7-9-13-21/h7-16,18-20H,4-6,17H2,1-3H3/q+1. The number of unbranched alkanes of at least 4 members (excludes halogenated alkanes) is 1. The Morgan fingerprint density at radius 3 is 2.41 bits per heavy atom. The Balaban J connectivity index is 1.94. The van der Waals surface area contributed by atoms with Gasteiger partial charge in [-0.25, -0.2) is 0 Å². The lowest BCUT2D eigenvalue weighted by Gasteiger charge is -2.40. The van der Waals surface area contributed by atoms with Gasteiger partial charge in [-0.05, 0) is 48.6 Å². The van der Waals surface area contributed by atoms with Gasteiger partial charge in [0.25, 0.3) is 0 Å². The van der Waals surface area contributed by atoms with E-state index in [1.165, 1.54) is 53.6 Å². The van der Waals surface area contributed by atoms with Crippen molar-refractivity contribution in [3.8, 4) is 22.4 Å². The third-order valence-corrected chi connectivity index (χ3v) is 6.65. The molecule has 2 unspecified atom stereocenters. The van der Waals surface area contributed by atoms with Crippen molar-refractivity contribution in [2.45, 2.75) is 57.9 Å². The molecule has 2 heterocycles. The quantitative estimate of drug-likeness (QED) is 0.447. The topological polar surface area (TPSA) is 3.88 Å². The van der Waals surface area contributed by atoms with Crippen LogP contribution in [-0.2, 0) is 5.41 Å². The molecule has 0 fully saturated rings. The minimum absolute atomic E-state index is 0.208. The normalized spacial score (nSPS) is 20.8. The van der Waals surface area contributed by atoms with Crippen LogP contribution in [0.4, 0.5) is 0 Å². The zero-order valence-corrected chi connectivity index (χ0v) is 16.8. The van der Waals surface area contributed by atoms with E-state index in [0.717, 1.165) is 0 Å². The Morgan fingerprint density at radius 1 is 0.889 bits per heavy atom. The molecule has 0 radical (unpaired) electrons. The first-order valence-electron chi connectivity index (χ1n) is 10.4. The fraction of sp³-hybridized carbons (Fsp3) is 0.346. The van der Waals surface area contributed by atoms with Crippen LogP contribution in [0.5, 0.6) is 0 Å². The van der Waals surface area contributed by atoms with Gasteiger partial charge in [-0.2, -0.15) is 4.57 Å². The average molecular weight is 357 g/mol. The van der Waals surface area contributed by atoms with Crippen molar-refractivity contribution >= 4 is 0 Å². The molecule has 3 aromatic rings. The molecule has 1 aliphatic heterocycles. The molecule has 138 valence electrons. The van der Waals surface area contributed by atoms with Crippen LogP contribution >= 0.6 is 0 Å². The molecule has 1 heteroatoms. The predicted octanol–water partition coefficient (Wildman–Crippen LogP) is 6.72. The second kappa shape index (κ2) is 7.31. The minimum Gasteiger partial charge on any atom is -0.195 e. The van der Waals surface area contributed by atoms with Crippen LogP contribution < -0.4 is 4.57 Å². The van der Waals surface area contributed by atoms with Gasteiger partial charge in [-0.1, -0.05) is 69.2 Å². The van der Waals surface area contributed by atoms with Gasteiger partial charge in [0.05, 0.1) is 11.0 Å². The molecule has 4 rings (SSSR count). The van der Waals surface area contributed by atoms with Crippen LogP contribution in [0.25, 0.3) is 22.4 Å².